The fourth-order valence-electron chi connectivity index (χ4n) is 7.27. The molecular weight excluding hydrogens is 532 g/mol. The first kappa shape index (κ1) is 26.9. The Morgan fingerprint density at radius 3 is 2.36 bits per heavy atom. The molecule has 4 aliphatic heterocycles. The SMILES string of the molecule is O=C(O)c1ccc(N2CCC(N3CCC(N4CCN5c6cc(-c7ccccc7O)nnc6NC[C@H]5C4)CC3)CC2)cn1. The van der Waals surface area contributed by atoms with Gasteiger partial charge in [0.25, 0.3) is 0 Å². The zero-order chi connectivity index (χ0) is 28.6. The van der Waals surface area contributed by atoms with Crippen molar-refractivity contribution in [2.75, 3.05) is 67.5 Å². The number of likely N-dealkylation sites (tertiary alicyclic amines) is 1. The number of carboxylic acids is 1. The molecular formula is C31H38N8O3. The van der Waals surface area contributed by atoms with Gasteiger partial charge in [0.1, 0.15) is 11.4 Å². The van der Waals surface area contributed by atoms with Gasteiger partial charge in [-0.1, -0.05) is 12.1 Å². The van der Waals surface area contributed by atoms with Crippen molar-refractivity contribution in [1.29, 1.82) is 0 Å². The van der Waals surface area contributed by atoms with Gasteiger partial charge in [0.05, 0.1) is 29.3 Å². The van der Waals surface area contributed by atoms with Gasteiger partial charge in [-0.05, 0) is 69.1 Å². The second-order valence-electron chi connectivity index (χ2n) is 11.9. The summed E-state index contributed by atoms with van der Waals surface area (Å²) >= 11 is 0. The Morgan fingerprint density at radius 1 is 0.857 bits per heavy atom. The van der Waals surface area contributed by atoms with Crippen LogP contribution >= 0.6 is 0 Å². The van der Waals surface area contributed by atoms with Crippen LogP contribution in [-0.2, 0) is 0 Å². The van der Waals surface area contributed by atoms with Crippen molar-refractivity contribution in [1.82, 2.24) is 25.0 Å². The predicted octanol–water partition coefficient (Wildman–Crippen LogP) is 2.99. The molecule has 3 fully saturated rings. The van der Waals surface area contributed by atoms with Gasteiger partial charge in [-0.15, -0.1) is 10.2 Å². The molecule has 11 heteroatoms. The average molecular weight is 571 g/mol. The molecule has 1 aromatic carbocycles. The molecule has 0 radical (unpaired) electrons. The summed E-state index contributed by atoms with van der Waals surface area (Å²) in [5.41, 5.74) is 3.58. The number of piperazine rings is 1. The minimum atomic E-state index is -0.986. The molecule has 2 aromatic heterocycles. The largest absolute Gasteiger partial charge is 0.507 e. The molecule has 1 atom stereocenters. The summed E-state index contributed by atoms with van der Waals surface area (Å²) < 4.78 is 0. The van der Waals surface area contributed by atoms with Gasteiger partial charge in [-0.2, -0.15) is 0 Å². The summed E-state index contributed by atoms with van der Waals surface area (Å²) in [4.78, 5) is 25.4. The van der Waals surface area contributed by atoms with Crippen LogP contribution in [0.25, 0.3) is 11.3 Å². The second-order valence-corrected chi connectivity index (χ2v) is 11.9. The highest BCUT2D eigenvalue weighted by Gasteiger charge is 2.37. The third-order valence-corrected chi connectivity index (χ3v) is 9.61. The van der Waals surface area contributed by atoms with E-state index in [2.05, 4.69) is 46.2 Å². The van der Waals surface area contributed by atoms with Crippen LogP contribution in [0.4, 0.5) is 17.2 Å². The lowest BCUT2D eigenvalue weighted by molar-refractivity contribution is 0.0654. The Morgan fingerprint density at radius 2 is 1.62 bits per heavy atom. The quantitative estimate of drug-likeness (QED) is 0.420. The van der Waals surface area contributed by atoms with E-state index in [-0.39, 0.29) is 11.4 Å². The smallest absolute Gasteiger partial charge is 0.354 e. The number of benzene rings is 1. The number of anilines is 3. The number of aromatic nitrogens is 3. The van der Waals surface area contributed by atoms with E-state index in [1.54, 1.807) is 18.3 Å². The number of pyridine rings is 1. The van der Waals surface area contributed by atoms with Crippen LogP contribution in [0.2, 0.25) is 0 Å². The molecule has 0 saturated carbocycles. The molecule has 0 aliphatic carbocycles. The molecule has 42 heavy (non-hydrogen) atoms. The third-order valence-electron chi connectivity index (χ3n) is 9.61. The number of fused-ring (bicyclic) bond motifs is 3. The number of rotatable bonds is 5. The first-order valence-corrected chi connectivity index (χ1v) is 15.1. The van der Waals surface area contributed by atoms with Crippen LogP contribution in [0.15, 0.2) is 48.7 Å². The number of hydrogen-bond donors (Lipinski definition) is 3. The highest BCUT2D eigenvalue weighted by Crippen LogP contribution is 2.37. The highest BCUT2D eigenvalue weighted by molar-refractivity contribution is 5.85. The Kier molecular flexibility index (Phi) is 7.29. The second kappa shape index (κ2) is 11.4. The van der Waals surface area contributed by atoms with Gasteiger partial charge < -0.3 is 30.2 Å². The van der Waals surface area contributed by atoms with Gasteiger partial charge in [0, 0.05) is 56.9 Å². The van der Waals surface area contributed by atoms with Crippen LogP contribution in [0.1, 0.15) is 36.2 Å². The van der Waals surface area contributed by atoms with Gasteiger partial charge in [0.15, 0.2) is 5.82 Å². The number of phenolic OH excluding ortho intramolecular Hbond substituents is 1. The Balaban J connectivity index is 0.920. The minimum absolute atomic E-state index is 0.0927. The summed E-state index contributed by atoms with van der Waals surface area (Å²) in [5.74, 6) is 0.0607. The predicted molar refractivity (Wildman–Crippen MR) is 161 cm³/mol. The third kappa shape index (κ3) is 5.22. The minimum Gasteiger partial charge on any atom is -0.507 e. The molecule has 3 aromatic rings. The number of piperidine rings is 2. The monoisotopic (exact) mass is 570 g/mol. The average Bonchev–Trinajstić information content (AvgIpc) is 3.04. The van der Waals surface area contributed by atoms with E-state index in [9.17, 15) is 9.90 Å². The van der Waals surface area contributed by atoms with E-state index in [1.165, 1.54) is 12.8 Å². The fourth-order valence-corrected chi connectivity index (χ4v) is 7.27. The van der Waals surface area contributed by atoms with Crippen molar-refractivity contribution in [2.24, 2.45) is 0 Å². The molecule has 0 spiro atoms. The lowest BCUT2D eigenvalue weighted by Crippen LogP contribution is -2.61. The molecule has 7 rings (SSSR count). The van der Waals surface area contributed by atoms with Crippen LogP contribution < -0.4 is 15.1 Å². The van der Waals surface area contributed by atoms with Crippen molar-refractivity contribution in [3.63, 3.8) is 0 Å². The normalized spacial score (nSPS) is 22.3. The van der Waals surface area contributed by atoms with Gasteiger partial charge >= 0.3 is 5.97 Å². The number of hydrogen-bond acceptors (Lipinski definition) is 10. The maximum Gasteiger partial charge on any atom is 0.354 e. The summed E-state index contributed by atoms with van der Waals surface area (Å²) in [7, 11) is 0. The zero-order valence-corrected chi connectivity index (χ0v) is 23.8. The van der Waals surface area contributed by atoms with Crippen molar-refractivity contribution in [3.05, 3.63) is 54.4 Å². The van der Waals surface area contributed by atoms with Gasteiger partial charge in [-0.3, -0.25) is 4.90 Å². The molecule has 0 unspecified atom stereocenters. The van der Waals surface area contributed by atoms with Crippen LogP contribution in [-0.4, -0.2) is 112 Å². The van der Waals surface area contributed by atoms with E-state index in [0.717, 1.165) is 82.4 Å². The summed E-state index contributed by atoms with van der Waals surface area (Å²) in [6.45, 7) is 8.16. The Hall–Kier alpha value is -3.96. The lowest BCUT2D eigenvalue weighted by atomic mass is 9.95. The number of aromatic carboxylic acids is 1. The van der Waals surface area contributed by atoms with E-state index < -0.39 is 5.97 Å². The molecule has 0 amide bonds. The Labute approximate surface area is 245 Å². The van der Waals surface area contributed by atoms with Crippen LogP contribution in [0.3, 0.4) is 0 Å². The number of phenols is 1. The highest BCUT2D eigenvalue weighted by atomic mass is 16.4. The number of para-hydroxylation sites is 1. The van der Waals surface area contributed by atoms with Crippen molar-refractivity contribution >= 4 is 23.2 Å². The number of carboxylic acid groups (broad SMARTS) is 1. The molecule has 4 aliphatic rings. The summed E-state index contributed by atoms with van der Waals surface area (Å²) in [5, 5.41) is 31.8. The first-order valence-electron chi connectivity index (χ1n) is 15.1. The van der Waals surface area contributed by atoms with Gasteiger partial charge in [-0.25, -0.2) is 9.78 Å². The molecule has 3 saturated heterocycles. The zero-order valence-electron chi connectivity index (χ0n) is 23.8. The Bertz CT molecular complexity index is 1420. The molecule has 6 heterocycles. The maximum absolute atomic E-state index is 11.1. The summed E-state index contributed by atoms with van der Waals surface area (Å²) in [6.07, 6.45) is 6.36. The van der Waals surface area contributed by atoms with E-state index in [1.807, 2.05) is 24.3 Å². The van der Waals surface area contributed by atoms with Crippen molar-refractivity contribution in [2.45, 2.75) is 43.8 Å². The lowest BCUT2D eigenvalue weighted by Gasteiger charge is -2.50. The van der Waals surface area contributed by atoms with Crippen LogP contribution in [0.5, 0.6) is 5.75 Å². The first-order chi connectivity index (χ1) is 20.5. The maximum atomic E-state index is 11.1. The van der Waals surface area contributed by atoms with Crippen LogP contribution in [0, 0.1) is 0 Å². The number of nitrogens with one attached hydrogen (secondary N) is 1. The van der Waals surface area contributed by atoms with E-state index in [4.69, 9.17) is 5.11 Å². The van der Waals surface area contributed by atoms with E-state index in [0.29, 0.717) is 29.4 Å². The topological polar surface area (TPSA) is 121 Å². The van der Waals surface area contributed by atoms with E-state index >= 15 is 0 Å². The molecule has 3 N–H and O–H groups in total. The summed E-state index contributed by atoms with van der Waals surface area (Å²) in [6, 6.07) is 14.5. The molecule has 0 bridgehead atoms. The standard InChI is InChI=1S/C31H38N8O3/c40-29-4-2-1-3-25(29)27-17-28-30(35-34-27)33-19-24-20-38(15-16-39(24)28)22-9-11-36(12-10-22)21-7-13-37(14-8-21)23-5-6-26(31(41)42)32-18-23/h1-6,17-18,21-22,24,40H,7-16,19-20H2,(H,33,35)(H,41,42)/t24-/m0/s1. The number of nitrogens with zero attached hydrogens (tertiary/aromatic N) is 7. The molecule has 11 nitrogen and oxygen atoms in total. The van der Waals surface area contributed by atoms with Gasteiger partial charge in [0.2, 0.25) is 0 Å². The number of carbonyl (C=O) groups is 1. The number of aromatic hydroxyl groups is 1. The van der Waals surface area contributed by atoms with Crippen molar-refractivity contribution in [3.8, 4) is 17.0 Å². The fraction of sp³-hybridized carbons (Fsp3) is 0.484. The van der Waals surface area contributed by atoms with Crippen molar-refractivity contribution < 1.29 is 15.0 Å². The molecule has 220 valence electrons.